The highest BCUT2D eigenvalue weighted by Crippen LogP contribution is 2.30. The van der Waals surface area contributed by atoms with Gasteiger partial charge in [-0.2, -0.15) is 0 Å². The highest BCUT2D eigenvalue weighted by molar-refractivity contribution is 7.98. The van der Waals surface area contributed by atoms with E-state index in [2.05, 4.69) is 46.0 Å². The summed E-state index contributed by atoms with van der Waals surface area (Å²) < 4.78 is 2.10. The number of aryl methyl sites for hydroxylation is 1. The molecule has 3 aromatic carbocycles. The third kappa shape index (κ3) is 4.67. The predicted molar refractivity (Wildman–Crippen MR) is 122 cm³/mol. The average Bonchev–Trinajstić information content (AvgIpc) is 3.18. The highest BCUT2D eigenvalue weighted by atomic mass is 35.5. The predicted octanol–water partition coefficient (Wildman–Crippen LogP) is 7.10. The van der Waals surface area contributed by atoms with Crippen LogP contribution in [0.2, 0.25) is 10.0 Å². The van der Waals surface area contributed by atoms with Crippen LogP contribution in [-0.2, 0) is 12.2 Å². The van der Waals surface area contributed by atoms with Crippen molar-refractivity contribution in [1.29, 1.82) is 0 Å². The second kappa shape index (κ2) is 9.04. The summed E-state index contributed by atoms with van der Waals surface area (Å²) in [6.07, 6.45) is 1.00. The number of hydrogen-bond donors (Lipinski definition) is 0. The number of halogens is 2. The van der Waals surface area contributed by atoms with Gasteiger partial charge in [-0.15, -0.1) is 10.2 Å². The molecule has 0 aliphatic rings. The largest absolute Gasteiger partial charge is 0.270 e. The van der Waals surface area contributed by atoms with E-state index in [0.29, 0.717) is 5.02 Å². The molecule has 0 radical (unpaired) electrons. The molecule has 0 unspecified atom stereocenters. The fraction of sp³-hybridized carbons (Fsp3) is 0.130. The molecule has 1 heterocycles. The van der Waals surface area contributed by atoms with Crippen molar-refractivity contribution in [3.63, 3.8) is 0 Å². The normalized spacial score (nSPS) is 11.0. The van der Waals surface area contributed by atoms with Gasteiger partial charge in [-0.3, -0.25) is 4.57 Å². The van der Waals surface area contributed by atoms with Crippen LogP contribution < -0.4 is 0 Å². The van der Waals surface area contributed by atoms with Crippen LogP contribution in [0, 0.1) is 0 Å². The summed E-state index contributed by atoms with van der Waals surface area (Å²) in [6.45, 7) is 2.15. The van der Waals surface area contributed by atoms with E-state index in [1.54, 1.807) is 11.8 Å². The van der Waals surface area contributed by atoms with Gasteiger partial charge in [-0.1, -0.05) is 66.2 Å². The van der Waals surface area contributed by atoms with E-state index in [9.17, 15) is 0 Å². The number of rotatable bonds is 6. The zero-order valence-electron chi connectivity index (χ0n) is 15.8. The molecule has 0 amide bonds. The van der Waals surface area contributed by atoms with Gasteiger partial charge in [0.15, 0.2) is 11.0 Å². The number of benzene rings is 3. The van der Waals surface area contributed by atoms with Crippen molar-refractivity contribution in [2.75, 3.05) is 0 Å². The van der Waals surface area contributed by atoms with Crippen molar-refractivity contribution in [1.82, 2.24) is 14.8 Å². The lowest BCUT2D eigenvalue weighted by atomic mass is 10.1. The molecule has 146 valence electrons. The van der Waals surface area contributed by atoms with Crippen LogP contribution in [0.4, 0.5) is 0 Å². The van der Waals surface area contributed by atoms with Crippen LogP contribution in [0.1, 0.15) is 18.1 Å². The van der Waals surface area contributed by atoms with E-state index >= 15 is 0 Å². The molecule has 0 saturated carbocycles. The molecular weight excluding hydrogens is 421 g/mol. The first kappa shape index (κ1) is 20.0. The van der Waals surface area contributed by atoms with E-state index in [4.69, 9.17) is 23.2 Å². The molecule has 4 rings (SSSR count). The Morgan fingerprint density at radius 2 is 1.34 bits per heavy atom. The van der Waals surface area contributed by atoms with Crippen LogP contribution in [0.15, 0.2) is 78.0 Å². The minimum absolute atomic E-state index is 0.699. The first-order valence-corrected chi connectivity index (χ1v) is 11.1. The SMILES string of the molecule is CCc1ccc(-n2c(SCc3ccc(Cl)cc3)nnc2-c2ccc(Cl)cc2)cc1. The zero-order chi connectivity index (χ0) is 20.2. The minimum atomic E-state index is 0.699. The van der Waals surface area contributed by atoms with Crippen LogP contribution >= 0.6 is 35.0 Å². The van der Waals surface area contributed by atoms with Gasteiger partial charge in [-0.05, 0) is 66.1 Å². The molecule has 0 fully saturated rings. The standard InChI is InChI=1S/C23H19Cl2N3S/c1-2-16-5-13-21(14-6-16)28-22(18-7-11-20(25)12-8-18)26-27-23(28)29-15-17-3-9-19(24)10-4-17/h3-14H,2,15H2,1H3. The fourth-order valence-corrected chi connectivity index (χ4v) is 4.15. The lowest BCUT2D eigenvalue weighted by Crippen LogP contribution is -2.00. The summed E-state index contributed by atoms with van der Waals surface area (Å²) in [6, 6.07) is 24.1. The van der Waals surface area contributed by atoms with Crippen molar-refractivity contribution in [3.8, 4) is 17.1 Å². The van der Waals surface area contributed by atoms with Gasteiger partial charge in [0.1, 0.15) is 0 Å². The molecule has 3 nitrogen and oxygen atoms in total. The van der Waals surface area contributed by atoms with Gasteiger partial charge in [-0.25, -0.2) is 0 Å². The fourth-order valence-electron chi connectivity index (χ4n) is 2.99. The first-order valence-electron chi connectivity index (χ1n) is 9.32. The average molecular weight is 440 g/mol. The summed E-state index contributed by atoms with van der Waals surface area (Å²) in [4.78, 5) is 0. The van der Waals surface area contributed by atoms with Crippen molar-refractivity contribution >= 4 is 35.0 Å². The van der Waals surface area contributed by atoms with E-state index in [1.165, 1.54) is 11.1 Å². The van der Waals surface area contributed by atoms with E-state index < -0.39 is 0 Å². The van der Waals surface area contributed by atoms with E-state index in [0.717, 1.165) is 39.4 Å². The van der Waals surface area contributed by atoms with Crippen molar-refractivity contribution in [2.24, 2.45) is 0 Å². The molecule has 0 spiro atoms. The van der Waals surface area contributed by atoms with Crippen molar-refractivity contribution < 1.29 is 0 Å². The summed E-state index contributed by atoms with van der Waals surface area (Å²) in [5, 5.41) is 11.3. The molecule has 6 heteroatoms. The van der Waals surface area contributed by atoms with Crippen LogP contribution in [-0.4, -0.2) is 14.8 Å². The van der Waals surface area contributed by atoms with E-state index in [1.807, 2.05) is 48.5 Å². The Hall–Kier alpha value is -2.27. The van der Waals surface area contributed by atoms with Gasteiger partial charge >= 0.3 is 0 Å². The Morgan fingerprint density at radius 1 is 0.759 bits per heavy atom. The maximum absolute atomic E-state index is 6.07. The van der Waals surface area contributed by atoms with Gasteiger partial charge in [0, 0.05) is 27.0 Å². The second-order valence-electron chi connectivity index (χ2n) is 6.58. The third-order valence-electron chi connectivity index (χ3n) is 4.62. The van der Waals surface area contributed by atoms with Gasteiger partial charge < -0.3 is 0 Å². The molecule has 0 aliphatic carbocycles. The Labute approximate surface area is 184 Å². The first-order chi connectivity index (χ1) is 14.1. The minimum Gasteiger partial charge on any atom is -0.270 e. The third-order valence-corrected chi connectivity index (χ3v) is 6.12. The molecule has 0 atom stereocenters. The molecule has 1 aromatic heterocycles. The maximum atomic E-state index is 6.07. The van der Waals surface area contributed by atoms with Crippen molar-refractivity contribution in [2.45, 2.75) is 24.3 Å². The monoisotopic (exact) mass is 439 g/mol. The zero-order valence-corrected chi connectivity index (χ0v) is 18.2. The second-order valence-corrected chi connectivity index (χ2v) is 8.40. The van der Waals surface area contributed by atoms with Crippen molar-refractivity contribution in [3.05, 3.63) is 94.0 Å². The van der Waals surface area contributed by atoms with Crippen LogP contribution in [0.5, 0.6) is 0 Å². The van der Waals surface area contributed by atoms with Gasteiger partial charge in [0.05, 0.1) is 0 Å². The highest BCUT2D eigenvalue weighted by Gasteiger charge is 2.16. The molecule has 4 aromatic rings. The van der Waals surface area contributed by atoms with Crippen LogP contribution in [0.25, 0.3) is 17.1 Å². The lowest BCUT2D eigenvalue weighted by Gasteiger charge is -2.11. The Morgan fingerprint density at radius 3 is 1.97 bits per heavy atom. The lowest BCUT2D eigenvalue weighted by molar-refractivity contribution is 0.885. The Bertz CT molecular complexity index is 1090. The molecule has 29 heavy (non-hydrogen) atoms. The smallest absolute Gasteiger partial charge is 0.196 e. The Kier molecular flexibility index (Phi) is 6.24. The number of aromatic nitrogens is 3. The molecule has 0 N–H and O–H groups in total. The quantitative estimate of drug-likeness (QED) is 0.300. The summed E-state index contributed by atoms with van der Waals surface area (Å²) >= 11 is 13.7. The summed E-state index contributed by atoms with van der Waals surface area (Å²) in [5.41, 5.74) is 4.49. The molecule has 0 saturated heterocycles. The topological polar surface area (TPSA) is 30.7 Å². The number of thioether (sulfide) groups is 1. The maximum Gasteiger partial charge on any atom is 0.196 e. The van der Waals surface area contributed by atoms with Crippen LogP contribution in [0.3, 0.4) is 0 Å². The number of hydrogen-bond acceptors (Lipinski definition) is 3. The molecule has 0 aliphatic heterocycles. The van der Waals surface area contributed by atoms with Gasteiger partial charge in [0.25, 0.3) is 0 Å². The summed E-state index contributed by atoms with van der Waals surface area (Å²) in [7, 11) is 0. The number of nitrogens with zero attached hydrogens (tertiary/aromatic N) is 3. The van der Waals surface area contributed by atoms with Gasteiger partial charge in [0.2, 0.25) is 0 Å². The molecule has 0 bridgehead atoms. The van der Waals surface area contributed by atoms with E-state index in [-0.39, 0.29) is 0 Å². The summed E-state index contributed by atoms with van der Waals surface area (Å²) in [5.74, 6) is 1.58. The molecular formula is C23H19Cl2N3S. The Balaban J connectivity index is 1.71.